The van der Waals surface area contributed by atoms with Gasteiger partial charge in [-0.15, -0.1) is 0 Å². The van der Waals surface area contributed by atoms with Gasteiger partial charge in [0, 0.05) is 48.9 Å². The number of carbonyl (C=O) groups excluding carboxylic acids is 1. The number of benzene rings is 1. The Morgan fingerprint density at radius 2 is 2.00 bits per heavy atom. The molecule has 0 aliphatic carbocycles. The smallest absolute Gasteiger partial charge is 0.258 e. The molecule has 3 heterocycles. The van der Waals surface area contributed by atoms with Crippen molar-refractivity contribution < 1.29 is 14.3 Å². The number of fused-ring (bicyclic) bond motifs is 1. The molecule has 0 radical (unpaired) electrons. The van der Waals surface area contributed by atoms with E-state index >= 15 is 0 Å². The van der Waals surface area contributed by atoms with Gasteiger partial charge in [0.25, 0.3) is 5.91 Å². The molecule has 0 unspecified atom stereocenters. The summed E-state index contributed by atoms with van der Waals surface area (Å²) in [4.78, 5) is 18.3. The van der Waals surface area contributed by atoms with Crippen LogP contribution in [0.25, 0.3) is 0 Å². The summed E-state index contributed by atoms with van der Waals surface area (Å²) in [6.45, 7) is 10.2. The molecule has 2 aliphatic rings. The maximum Gasteiger partial charge on any atom is 0.258 e. The predicted molar refractivity (Wildman–Crippen MR) is 124 cm³/mol. The van der Waals surface area contributed by atoms with E-state index in [9.17, 15) is 4.79 Å². The van der Waals surface area contributed by atoms with E-state index in [4.69, 9.17) is 9.47 Å². The number of hydrogen-bond acceptors (Lipinski definition) is 5. The van der Waals surface area contributed by atoms with Crippen LogP contribution >= 0.6 is 0 Å². The summed E-state index contributed by atoms with van der Waals surface area (Å²) in [7, 11) is 3.19. The Morgan fingerprint density at radius 1 is 1.19 bits per heavy atom. The van der Waals surface area contributed by atoms with Gasteiger partial charge in [0.05, 0.1) is 26.0 Å². The fourth-order valence-electron chi connectivity index (χ4n) is 5.35. The van der Waals surface area contributed by atoms with E-state index in [1.165, 1.54) is 11.3 Å². The number of likely N-dealkylation sites (tertiary alicyclic amines) is 2. The number of amides is 1. The lowest BCUT2D eigenvalue weighted by molar-refractivity contribution is 0.0659. The summed E-state index contributed by atoms with van der Waals surface area (Å²) in [6, 6.07) is 5.75. The van der Waals surface area contributed by atoms with Gasteiger partial charge in [-0.1, -0.05) is 33.3 Å². The van der Waals surface area contributed by atoms with E-state index in [2.05, 4.69) is 40.8 Å². The molecule has 1 aromatic heterocycles. The molecule has 2 saturated heterocycles. The standard InChI is InChI=1S/C25H36N4O3/c1-25(2,3)23-18(13-26-27-23)15-28-14-17-9-6-7-12-29(20(17)16-28)24(30)19-10-8-11-21(31-4)22(19)32-5/h8,10-11,13,17,20H,6-7,9,12,14-16H2,1-5H3,(H,26,27)/t17-,20+/m0/s1. The van der Waals surface area contributed by atoms with Crippen molar-refractivity contribution in [3.05, 3.63) is 41.2 Å². The highest BCUT2D eigenvalue weighted by Crippen LogP contribution is 2.36. The first-order chi connectivity index (χ1) is 15.3. The number of hydrogen-bond donors (Lipinski definition) is 1. The summed E-state index contributed by atoms with van der Waals surface area (Å²) >= 11 is 0. The SMILES string of the molecule is COc1cccc(C(=O)N2CCCC[C@H]3CN(Cc4cn[nH]c4C(C)(C)C)C[C@H]32)c1OC. The molecule has 1 aromatic carbocycles. The van der Waals surface area contributed by atoms with Gasteiger partial charge >= 0.3 is 0 Å². The zero-order valence-corrected chi connectivity index (χ0v) is 20.0. The lowest BCUT2D eigenvalue weighted by Gasteiger charge is -2.31. The summed E-state index contributed by atoms with van der Waals surface area (Å²) in [5, 5.41) is 7.51. The van der Waals surface area contributed by atoms with Crippen LogP contribution < -0.4 is 9.47 Å². The number of methoxy groups -OCH3 is 2. The predicted octanol–water partition coefficient (Wildman–Crippen LogP) is 3.85. The fourth-order valence-corrected chi connectivity index (χ4v) is 5.35. The van der Waals surface area contributed by atoms with Gasteiger partial charge in [0.2, 0.25) is 0 Å². The van der Waals surface area contributed by atoms with Gasteiger partial charge in [-0.3, -0.25) is 14.8 Å². The van der Waals surface area contributed by atoms with Gasteiger partial charge in [-0.2, -0.15) is 5.10 Å². The van der Waals surface area contributed by atoms with Crippen molar-refractivity contribution in [2.75, 3.05) is 33.9 Å². The number of nitrogens with one attached hydrogen (secondary N) is 1. The van der Waals surface area contributed by atoms with Crippen LogP contribution in [-0.4, -0.2) is 65.8 Å². The Hall–Kier alpha value is -2.54. The second kappa shape index (κ2) is 9.14. The van der Waals surface area contributed by atoms with E-state index in [1.807, 2.05) is 24.4 Å². The normalized spacial score (nSPS) is 21.8. The van der Waals surface area contributed by atoms with Crippen molar-refractivity contribution in [1.82, 2.24) is 20.0 Å². The molecular formula is C25H36N4O3. The Kier molecular flexibility index (Phi) is 6.47. The molecule has 1 amide bonds. The van der Waals surface area contributed by atoms with Crippen molar-refractivity contribution in [2.45, 2.75) is 58.0 Å². The summed E-state index contributed by atoms with van der Waals surface area (Å²) in [6.07, 6.45) is 5.32. The zero-order valence-electron chi connectivity index (χ0n) is 20.0. The van der Waals surface area contributed by atoms with Crippen LogP contribution in [0, 0.1) is 5.92 Å². The highest BCUT2D eigenvalue weighted by Gasteiger charge is 2.41. The molecule has 4 rings (SSSR count). The Morgan fingerprint density at radius 3 is 2.72 bits per heavy atom. The van der Waals surface area contributed by atoms with Gasteiger partial charge < -0.3 is 14.4 Å². The van der Waals surface area contributed by atoms with Gasteiger partial charge in [0.1, 0.15) is 0 Å². The molecule has 2 atom stereocenters. The third-order valence-electron chi connectivity index (χ3n) is 6.86. The van der Waals surface area contributed by atoms with Crippen LogP contribution in [0.2, 0.25) is 0 Å². The number of ether oxygens (including phenoxy) is 2. The van der Waals surface area contributed by atoms with Crippen LogP contribution in [0.5, 0.6) is 11.5 Å². The van der Waals surface area contributed by atoms with Gasteiger partial charge in [-0.05, 0) is 30.9 Å². The van der Waals surface area contributed by atoms with Crippen LogP contribution in [0.3, 0.4) is 0 Å². The molecule has 7 nitrogen and oxygen atoms in total. The van der Waals surface area contributed by atoms with E-state index in [1.54, 1.807) is 14.2 Å². The molecule has 2 aromatic rings. The molecule has 2 aliphatic heterocycles. The molecule has 1 N–H and O–H groups in total. The second-order valence-electron chi connectivity index (χ2n) is 10.1. The third-order valence-corrected chi connectivity index (χ3v) is 6.86. The number of aromatic amines is 1. The van der Waals surface area contributed by atoms with Crippen LogP contribution in [0.4, 0.5) is 0 Å². The van der Waals surface area contributed by atoms with Crippen molar-refractivity contribution >= 4 is 5.91 Å². The third kappa shape index (κ3) is 4.35. The Labute approximate surface area is 191 Å². The highest BCUT2D eigenvalue weighted by atomic mass is 16.5. The average molecular weight is 441 g/mol. The number of rotatable bonds is 5. The largest absolute Gasteiger partial charge is 0.493 e. The first-order valence-electron chi connectivity index (χ1n) is 11.6. The number of para-hydroxylation sites is 1. The molecule has 0 saturated carbocycles. The summed E-state index contributed by atoms with van der Waals surface area (Å²) in [5.41, 5.74) is 3.05. The molecule has 174 valence electrons. The number of nitrogens with zero attached hydrogens (tertiary/aromatic N) is 3. The van der Waals surface area contributed by atoms with Crippen LogP contribution in [0.15, 0.2) is 24.4 Å². The Balaban J connectivity index is 1.56. The van der Waals surface area contributed by atoms with Crippen molar-refractivity contribution in [2.24, 2.45) is 5.92 Å². The van der Waals surface area contributed by atoms with E-state index in [0.29, 0.717) is 23.0 Å². The first-order valence-corrected chi connectivity index (χ1v) is 11.6. The maximum atomic E-state index is 13.7. The minimum atomic E-state index is 0.0285. The molecule has 2 fully saturated rings. The molecular weight excluding hydrogens is 404 g/mol. The average Bonchev–Trinajstić information content (AvgIpc) is 3.35. The fraction of sp³-hybridized carbons (Fsp3) is 0.600. The molecule has 0 bridgehead atoms. The Bertz CT molecular complexity index is 949. The first kappa shape index (κ1) is 22.6. The van der Waals surface area contributed by atoms with Crippen molar-refractivity contribution in [1.29, 1.82) is 0 Å². The summed E-state index contributed by atoms with van der Waals surface area (Å²) in [5.74, 6) is 1.64. The highest BCUT2D eigenvalue weighted by molar-refractivity contribution is 5.98. The van der Waals surface area contributed by atoms with Gasteiger partial charge in [-0.25, -0.2) is 0 Å². The quantitative estimate of drug-likeness (QED) is 0.765. The van der Waals surface area contributed by atoms with Crippen molar-refractivity contribution in [3.63, 3.8) is 0 Å². The van der Waals surface area contributed by atoms with E-state index < -0.39 is 0 Å². The number of carbonyl (C=O) groups is 1. The lowest BCUT2D eigenvalue weighted by Crippen LogP contribution is -2.44. The number of aromatic nitrogens is 2. The maximum absolute atomic E-state index is 13.7. The van der Waals surface area contributed by atoms with Crippen LogP contribution in [0.1, 0.15) is 61.6 Å². The minimum Gasteiger partial charge on any atom is -0.493 e. The van der Waals surface area contributed by atoms with E-state index in [-0.39, 0.29) is 17.4 Å². The lowest BCUT2D eigenvalue weighted by atomic mass is 9.89. The second-order valence-corrected chi connectivity index (χ2v) is 10.1. The topological polar surface area (TPSA) is 70.7 Å². The van der Waals surface area contributed by atoms with E-state index in [0.717, 1.165) is 45.4 Å². The molecule has 0 spiro atoms. The monoisotopic (exact) mass is 440 g/mol. The summed E-state index contributed by atoms with van der Waals surface area (Å²) < 4.78 is 11.0. The number of H-pyrrole nitrogens is 1. The van der Waals surface area contributed by atoms with Crippen LogP contribution in [-0.2, 0) is 12.0 Å². The minimum absolute atomic E-state index is 0.0285. The van der Waals surface area contributed by atoms with Crippen molar-refractivity contribution in [3.8, 4) is 11.5 Å². The molecule has 32 heavy (non-hydrogen) atoms. The van der Waals surface area contributed by atoms with Gasteiger partial charge in [0.15, 0.2) is 11.5 Å². The zero-order chi connectivity index (χ0) is 22.9. The molecule has 7 heteroatoms.